The zero-order chi connectivity index (χ0) is 19.2. The normalized spacial score (nSPS) is 16.1. The summed E-state index contributed by atoms with van der Waals surface area (Å²) in [5.74, 6) is 0.527. The number of nitrogens with zero attached hydrogens (tertiary/aromatic N) is 2. The molecule has 142 valence electrons. The largest absolute Gasteiger partial charge is 0.496 e. The van der Waals surface area contributed by atoms with Gasteiger partial charge in [0.25, 0.3) is 11.8 Å². The summed E-state index contributed by atoms with van der Waals surface area (Å²) in [5, 5.41) is 2.75. The van der Waals surface area contributed by atoms with Crippen LogP contribution in [0.15, 0.2) is 42.6 Å². The van der Waals surface area contributed by atoms with Gasteiger partial charge in [-0.2, -0.15) is 0 Å². The third-order valence-corrected chi connectivity index (χ3v) is 4.40. The first-order chi connectivity index (χ1) is 13.1. The van der Waals surface area contributed by atoms with Crippen molar-refractivity contribution in [3.05, 3.63) is 53.7 Å². The Morgan fingerprint density at radius 2 is 2.00 bits per heavy atom. The number of hydrogen-bond donors (Lipinski definition) is 1. The van der Waals surface area contributed by atoms with Crippen molar-refractivity contribution in [1.29, 1.82) is 0 Å². The minimum atomic E-state index is -0.222. The van der Waals surface area contributed by atoms with Gasteiger partial charge in [0.1, 0.15) is 17.4 Å². The zero-order valence-corrected chi connectivity index (χ0v) is 15.5. The van der Waals surface area contributed by atoms with Crippen molar-refractivity contribution in [2.24, 2.45) is 0 Å². The molecule has 1 unspecified atom stereocenters. The van der Waals surface area contributed by atoms with Crippen molar-refractivity contribution in [3.8, 4) is 11.6 Å². The highest BCUT2D eigenvalue weighted by molar-refractivity contribution is 5.97. The number of carbonyl (C=O) groups excluding carboxylic acids is 2. The molecule has 1 fully saturated rings. The quantitative estimate of drug-likeness (QED) is 0.844. The Morgan fingerprint density at radius 1 is 1.22 bits per heavy atom. The van der Waals surface area contributed by atoms with Gasteiger partial charge in [-0.1, -0.05) is 12.1 Å². The number of nitrogens with one attached hydrogen (secondary N) is 1. The molecule has 0 aliphatic carbocycles. The van der Waals surface area contributed by atoms with Crippen molar-refractivity contribution in [3.63, 3.8) is 0 Å². The van der Waals surface area contributed by atoms with Crippen LogP contribution < -0.4 is 14.8 Å². The Kier molecular flexibility index (Phi) is 5.90. The van der Waals surface area contributed by atoms with Crippen molar-refractivity contribution in [2.75, 3.05) is 26.7 Å². The number of hydrogen-bond acceptors (Lipinski definition) is 5. The number of benzene rings is 1. The van der Waals surface area contributed by atoms with Crippen LogP contribution in [-0.2, 0) is 0 Å². The third kappa shape index (κ3) is 4.19. The van der Waals surface area contributed by atoms with Crippen molar-refractivity contribution in [1.82, 2.24) is 15.2 Å². The first-order valence-electron chi connectivity index (χ1n) is 8.96. The first-order valence-corrected chi connectivity index (χ1v) is 8.96. The summed E-state index contributed by atoms with van der Waals surface area (Å²) < 4.78 is 11.2. The van der Waals surface area contributed by atoms with Gasteiger partial charge in [-0.15, -0.1) is 0 Å². The van der Waals surface area contributed by atoms with E-state index in [0.717, 1.165) is 0 Å². The molecular formula is C20H23N3O4. The molecule has 2 amide bonds. The molecule has 0 radical (unpaired) electrons. The van der Waals surface area contributed by atoms with E-state index in [9.17, 15) is 9.59 Å². The molecule has 27 heavy (non-hydrogen) atoms. The van der Waals surface area contributed by atoms with E-state index in [1.165, 1.54) is 0 Å². The van der Waals surface area contributed by atoms with Gasteiger partial charge >= 0.3 is 0 Å². The standard InChI is InChI=1S/C20H23N3O4/c1-3-21-18(24)16-8-6-11-22-19(16)27-14-10-12-23(13-14)20(25)15-7-4-5-9-17(15)26-2/h4-9,11,14H,3,10,12-13H2,1-2H3,(H,21,24). The summed E-state index contributed by atoms with van der Waals surface area (Å²) in [7, 11) is 1.55. The summed E-state index contributed by atoms with van der Waals surface area (Å²) in [6.45, 7) is 3.39. The number of likely N-dealkylation sites (tertiary alicyclic amines) is 1. The number of carbonyl (C=O) groups is 2. The van der Waals surface area contributed by atoms with E-state index in [-0.39, 0.29) is 17.9 Å². The summed E-state index contributed by atoms with van der Waals surface area (Å²) in [5.41, 5.74) is 0.926. The monoisotopic (exact) mass is 369 g/mol. The van der Waals surface area contributed by atoms with Gasteiger partial charge in [-0.25, -0.2) is 4.98 Å². The SMILES string of the molecule is CCNC(=O)c1cccnc1OC1CCN(C(=O)c2ccccc2OC)C1. The lowest BCUT2D eigenvalue weighted by Crippen LogP contribution is -2.31. The second-order valence-corrected chi connectivity index (χ2v) is 6.20. The van der Waals surface area contributed by atoms with Crippen LogP contribution in [-0.4, -0.2) is 54.5 Å². The van der Waals surface area contributed by atoms with Gasteiger partial charge in [0, 0.05) is 25.7 Å². The Bertz CT molecular complexity index is 824. The fourth-order valence-corrected chi connectivity index (χ4v) is 3.07. The molecule has 2 aromatic rings. The molecule has 7 nitrogen and oxygen atoms in total. The van der Waals surface area contributed by atoms with E-state index in [1.807, 2.05) is 19.1 Å². The molecule has 1 aliphatic heterocycles. The minimum absolute atomic E-state index is 0.0940. The molecule has 0 spiro atoms. The Morgan fingerprint density at radius 3 is 2.78 bits per heavy atom. The molecule has 1 N–H and O–H groups in total. The van der Waals surface area contributed by atoms with Crippen LogP contribution >= 0.6 is 0 Å². The van der Waals surface area contributed by atoms with Crippen molar-refractivity contribution in [2.45, 2.75) is 19.4 Å². The van der Waals surface area contributed by atoms with Crippen LogP contribution in [0.2, 0.25) is 0 Å². The second kappa shape index (κ2) is 8.53. The van der Waals surface area contributed by atoms with E-state index in [4.69, 9.17) is 9.47 Å². The Balaban J connectivity index is 1.69. The predicted octanol–water partition coefficient (Wildman–Crippen LogP) is 2.13. The van der Waals surface area contributed by atoms with Crippen molar-refractivity contribution >= 4 is 11.8 Å². The van der Waals surface area contributed by atoms with E-state index in [2.05, 4.69) is 10.3 Å². The molecule has 7 heteroatoms. The maximum atomic E-state index is 12.8. The molecular weight excluding hydrogens is 346 g/mol. The Labute approximate surface area is 158 Å². The highest BCUT2D eigenvalue weighted by atomic mass is 16.5. The molecule has 0 bridgehead atoms. The van der Waals surface area contributed by atoms with E-state index < -0.39 is 0 Å². The number of rotatable bonds is 6. The predicted molar refractivity (Wildman–Crippen MR) is 100 cm³/mol. The van der Waals surface area contributed by atoms with Gasteiger partial charge in [0.05, 0.1) is 19.2 Å². The lowest BCUT2D eigenvalue weighted by Gasteiger charge is -2.19. The molecule has 1 aliphatic rings. The second-order valence-electron chi connectivity index (χ2n) is 6.20. The number of pyridine rings is 1. The molecule has 2 heterocycles. The van der Waals surface area contributed by atoms with Crippen LogP contribution in [0.4, 0.5) is 0 Å². The van der Waals surface area contributed by atoms with Crippen LogP contribution in [0, 0.1) is 0 Å². The molecule has 0 saturated carbocycles. The molecule has 1 aromatic heterocycles. The van der Waals surface area contributed by atoms with Gasteiger partial charge in [-0.3, -0.25) is 9.59 Å². The minimum Gasteiger partial charge on any atom is -0.496 e. The van der Waals surface area contributed by atoms with Gasteiger partial charge in [0.15, 0.2) is 0 Å². The average Bonchev–Trinajstić information content (AvgIpc) is 3.16. The van der Waals surface area contributed by atoms with Crippen LogP contribution in [0.25, 0.3) is 0 Å². The fraction of sp³-hybridized carbons (Fsp3) is 0.350. The number of aromatic nitrogens is 1. The van der Waals surface area contributed by atoms with Gasteiger partial charge in [-0.05, 0) is 31.2 Å². The van der Waals surface area contributed by atoms with Crippen LogP contribution in [0.5, 0.6) is 11.6 Å². The summed E-state index contributed by atoms with van der Waals surface area (Å²) >= 11 is 0. The smallest absolute Gasteiger partial charge is 0.257 e. The molecule has 3 rings (SSSR count). The van der Waals surface area contributed by atoms with E-state index in [1.54, 1.807) is 42.5 Å². The number of ether oxygens (including phenoxy) is 2. The first kappa shape index (κ1) is 18.7. The van der Waals surface area contributed by atoms with Crippen molar-refractivity contribution < 1.29 is 19.1 Å². The maximum Gasteiger partial charge on any atom is 0.257 e. The Hall–Kier alpha value is -3.09. The summed E-state index contributed by atoms with van der Waals surface area (Å²) in [4.78, 5) is 30.9. The number of amides is 2. The molecule has 1 aromatic carbocycles. The molecule has 1 atom stereocenters. The van der Waals surface area contributed by atoms with Gasteiger partial charge in [0.2, 0.25) is 5.88 Å². The van der Waals surface area contributed by atoms with E-state index in [0.29, 0.717) is 48.8 Å². The summed E-state index contributed by atoms with van der Waals surface area (Å²) in [6, 6.07) is 10.5. The number of para-hydroxylation sites is 1. The molecule has 1 saturated heterocycles. The topological polar surface area (TPSA) is 80.8 Å². The average molecular weight is 369 g/mol. The highest BCUT2D eigenvalue weighted by Crippen LogP contribution is 2.24. The van der Waals surface area contributed by atoms with E-state index >= 15 is 0 Å². The highest BCUT2D eigenvalue weighted by Gasteiger charge is 2.30. The fourth-order valence-electron chi connectivity index (χ4n) is 3.07. The third-order valence-electron chi connectivity index (χ3n) is 4.40. The lowest BCUT2D eigenvalue weighted by molar-refractivity contribution is 0.0765. The van der Waals surface area contributed by atoms with Crippen LogP contribution in [0.1, 0.15) is 34.1 Å². The maximum absolute atomic E-state index is 12.8. The van der Waals surface area contributed by atoms with Gasteiger partial charge < -0.3 is 19.7 Å². The van der Waals surface area contributed by atoms with Crippen LogP contribution in [0.3, 0.4) is 0 Å². The summed E-state index contributed by atoms with van der Waals surface area (Å²) in [6.07, 6.45) is 2.04. The lowest BCUT2D eigenvalue weighted by atomic mass is 10.2. The zero-order valence-electron chi connectivity index (χ0n) is 15.5. The number of methoxy groups -OCH3 is 1.